The number of benzene rings is 1. The Bertz CT molecular complexity index is 248. The molecule has 0 saturated carbocycles. The lowest BCUT2D eigenvalue weighted by Crippen LogP contribution is -2.11. The van der Waals surface area contributed by atoms with Crippen LogP contribution >= 0.6 is 11.6 Å². The Hall–Kier alpha value is -0.570. The predicted octanol–water partition coefficient (Wildman–Crippen LogP) is 1.98. The van der Waals surface area contributed by atoms with Crippen molar-refractivity contribution < 1.29 is 5.11 Å². The van der Waals surface area contributed by atoms with Crippen molar-refractivity contribution in [1.29, 1.82) is 0 Å². The van der Waals surface area contributed by atoms with E-state index in [-0.39, 0.29) is 0 Å². The van der Waals surface area contributed by atoms with Gasteiger partial charge in [0.15, 0.2) is 0 Å². The highest BCUT2D eigenvalue weighted by Crippen LogP contribution is 2.18. The molecule has 0 radical (unpaired) electrons. The molecule has 72 valence electrons. The Morgan fingerprint density at radius 3 is 2.54 bits per heavy atom. The molecule has 2 nitrogen and oxygen atoms in total. The van der Waals surface area contributed by atoms with Crippen molar-refractivity contribution in [1.82, 2.24) is 5.32 Å². The average Bonchev–Trinajstić information content (AvgIpc) is 2.15. The molecule has 0 aliphatic rings. The van der Waals surface area contributed by atoms with E-state index in [2.05, 4.69) is 5.32 Å². The van der Waals surface area contributed by atoms with Crippen LogP contribution < -0.4 is 5.32 Å². The number of rotatable bonds is 4. The molecule has 0 heterocycles. The molecule has 0 aliphatic heterocycles. The Morgan fingerprint density at radius 1 is 1.38 bits per heavy atom. The van der Waals surface area contributed by atoms with Gasteiger partial charge in [0.2, 0.25) is 0 Å². The van der Waals surface area contributed by atoms with E-state index in [1.807, 2.05) is 19.2 Å². The molecule has 13 heavy (non-hydrogen) atoms. The van der Waals surface area contributed by atoms with Gasteiger partial charge in [-0.15, -0.1) is 0 Å². The van der Waals surface area contributed by atoms with Gasteiger partial charge in [-0.25, -0.2) is 0 Å². The molecule has 3 heteroatoms. The molecule has 0 unspecified atom stereocenters. The molecule has 1 rings (SSSR count). The van der Waals surface area contributed by atoms with Gasteiger partial charge in [-0.1, -0.05) is 23.7 Å². The zero-order valence-electron chi connectivity index (χ0n) is 7.63. The standard InChI is InChI=1S/C10H14ClNO/c1-12-7-6-10(13)8-2-4-9(11)5-3-8/h2-5,10,12-13H,6-7H2,1H3/t10-/m0/s1. The van der Waals surface area contributed by atoms with E-state index in [0.717, 1.165) is 18.5 Å². The molecular weight excluding hydrogens is 186 g/mol. The lowest BCUT2D eigenvalue weighted by molar-refractivity contribution is 0.168. The summed E-state index contributed by atoms with van der Waals surface area (Å²) in [6, 6.07) is 7.28. The number of halogens is 1. The molecule has 0 aliphatic carbocycles. The van der Waals surface area contributed by atoms with Crippen molar-refractivity contribution in [2.24, 2.45) is 0 Å². The van der Waals surface area contributed by atoms with E-state index in [1.165, 1.54) is 0 Å². The van der Waals surface area contributed by atoms with E-state index < -0.39 is 6.10 Å². The van der Waals surface area contributed by atoms with Crippen LogP contribution in [0.1, 0.15) is 18.1 Å². The minimum Gasteiger partial charge on any atom is -0.388 e. The molecule has 0 fully saturated rings. The fraction of sp³-hybridized carbons (Fsp3) is 0.400. The third kappa shape index (κ3) is 3.35. The summed E-state index contributed by atoms with van der Waals surface area (Å²) in [5.74, 6) is 0. The summed E-state index contributed by atoms with van der Waals surface area (Å²) < 4.78 is 0. The summed E-state index contributed by atoms with van der Waals surface area (Å²) in [5.41, 5.74) is 0.916. The molecule has 0 bridgehead atoms. The zero-order chi connectivity index (χ0) is 9.68. The fourth-order valence-corrected chi connectivity index (χ4v) is 1.26. The minimum atomic E-state index is -0.398. The van der Waals surface area contributed by atoms with Gasteiger partial charge in [0.05, 0.1) is 6.10 Å². The summed E-state index contributed by atoms with van der Waals surface area (Å²) in [6.07, 6.45) is 0.322. The van der Waals surface area contributed by atoms with E-state index in [1.54, 1.807) is 12.1 Å². The molecule has 0 spiro atoms. The van der Waals surface area contributed by atoms with E-state index in [0.29, 0.717) is 5.02 Å². The first-order chi connectivity index (χ1) is 6.24. The smallest absolute Gasteiger partial charge is 0.0802 e. The van der Waals surface area contributed by atoms with Crippen LogP contribution in [0.2, 0.25) is 5.02 Å². The van der Waals surface area contributed by atoms with Gasteiger partial charge in [0.25, 0.3) is 0 Å². The number of aliphatic hydroxyl groups is 1. The molecule has 2 N–H and O–H groups in total. The maximum Gasteiger partial charge on any atom is 0.0802 e. The summed E-state index contributed by atoms with van der Waals surface area (Å²) >= 11 is 5.73. The zero-order valence-corrected chi connectivity index (χ0v) is 8.38. The second-order valence-corrected chi connectivity index (χ2v) is 3.40. The first-order valence-corrected chi connectivity index (χ1v) is 4.70. The van der Waals surface area contributed by atoms with Crippen molar-refractivity contribution in [2.45, 2.75) is 12.5 Å². The summed E-state index contributed by atoms with van der Waals surface area (Å²) in [5, 5.41) is 13.4. The molecule has 1 aromatic carbocycles. The first kappa shape index (κ1) is 10.5. The van der Waals surface area contributed by atoms with Gasteiger partial charge in [-0.2, -0.15) is 0 Å². The lowest BCUT2D eigenvalue weighted by atomic mass is 10.1. The minimum absolute atomic E-state index is 0.398. The number of hydrogen-bond donors (Lipinski definition) is 2. The Labute approximate surface area is 83.5 Å². The highest BCUT2D eigenvalue weighted by molar-refractivity contribution is 6.30. The number of hydrogen-bond acceptors (Lipinski definition) is 2. The average molecular weight is 200 g/mol. The lowest BCUT2D eigenvalue weighted by Gasteiger charge is -2.10. The second kappa shape index (κ2) is 5.22. The third-order valence-corrected chi connectivity index (χ3v) is 2.17. The van der Waals surface area contributed by atoms with E-state index >= 15 is 0 Å². The summed E-state index contributed by atoms with van der Waals surface area (Å²) in [6.45, 7) is 0.809. The largest absolute Gasteiger partial charge is 0.388 e. The topological polar surface area (TPSA) is 32.3 Å². The predicted molar refractivity (Wildman–Crippen MR) is 55.0 cm³/mol. The van der Waals surface area contributed by atoms with Gasteiger partial charge < -0.3 is 10.4 Å². The number of aliphatic hydroxyl groups excluding tert-OH is 1. The van der Waals surface area contributed by atoms with Crippen molar-refractivity contribution in [3.63, 3.8) is 0 Å². The highest BCUT2D eigenvalue weighted by Gasteiger charge is 2.05. The van der Waals surface area contributed by atoms with E-state index in [4.69, 9.17) is 11.6 Å². The van der Waals surface area contributed by atoms with Gasteiger partial charge in [-0.3, -0.25) is 0 Å². The van der Waals surface area contributed by atoms with Crippen molar-refractivity contribution in [3.8, 4) is 0 Å². The normalized spacial score (nSPS) is 12.8. The third-order valence-electron chi connectivity index (χ3n) is 1.92. The Balaban J connectivity index is 2.55. The fourth-order valence-electron chi connectivity index (χ4n) is 1.13. The first-order valence-electron chi connectivity index (χ1n) is 4.32. The van der Waals surface area contributed by atoms with Crippen LogP contribution in [0.25, 0.3) is 0 Å². The molecule has 0 amide bonds. The van der Waals surface area contributed by atoms with E-state index in [9.17, 15) is 5.11 Å². The van der Waals surface area contributed by atoms with Crippen LogP contribution in [0.4, 0.5) is 0 Å². The van der Waals surface area contributed by atoms with Gasteiger partial charge in [0.1, 0.15) is 0 Å². The monoisotopic (exact) mass is 199 g/mol. The van der Waals surface area contributed by atoms with Gasteiger partial charge >= 0.3 is 0 Å². The van der Waals surface area contributed by atoms with Gasteiger partial charge in [-0.05, 0) is 37.7 Å². The van der Waals surface area contributed by atoms with Crippen LogP contribution in [-0.4, -0.2) is 18.7 Å². The molecular formula is C10H14ClNO. The van der Waals surface area contributed by atoms with Crippen LogP contribution in [-0.2, 0) is 0 Å². The maximum atomic E-state index is 9.66. The van der Waals surface area contributed by atoms with Crippen LogP contribution in [0, 0.1) is 0 Å². The molecule has 0 aromatic heterocycles. The second-order valence-electron chi connectivity index (χ2n) is 2.96. The Kier molecular flexibility index (Phi) is 4.22. The van der Waals surface area contributed by atoms with Crippen molar-refractivity contribution in [2.75, 3.05) is 13.6 Å². The highest BCUT2D eigenvalue weighted by atomic mass is 35.5. The molecule has 0 saturated heterocycles. The van der Waals surface area contributed by atoms with Crippen molar-refractivity contribution >= 4 is 11.6 Å². The van der Waals surface area contributed by atoms with Crippen molar-refractivity contribution in [3.05, 3.63) is 34.9 Å². The van der Waals surface area contributed by atoms with Crippen LogP contribution in [0.5, 0.6) is 0 Å². The molecule has 1 atom stereocenters. The SMILES string of the molecule is CNCC[C@H](O)c1ccc(Cl)cc1. The molecule has 1 aromatic rings. The number of nitrogens with one attached hydrogen (secondary N) is 1. The summed E-state index contributed by atoms with van der Waals surface area (Å²) in [7, 11) is 1.87. The van der Waals surface area contributed by atoms with Crippen LogP contribution in [0.3, 0.4) is 0 Å². The summed E-state index contributed by atoms with van der Waals surface area (Å²) in [4.78, 5) is 0. The quantitative estimate of drug-likeness (QED) is 0.778. The Morgan fingerprint density at radius 2 is 2.00 bits per heavy atom. The maximum absolute atomic E-state index is 9.66. The van der Waals surface area contributed by atoms with Gasteiger partial charge in [0, 0.05) is 5.02 Å². The van der Waals surface area contributed by atoms with Crippen LogP contribution in [0.15, 0.2) is 24.3 Å².